The first-order valence-electron chi connectivity index (χ1n) is 7.35. The summed E-state index contributed by atoms with van der Waals surface area (Å²) >= 11 is 1.68. The molecule has 0 unspecified atom stereocenters. The second-order valence-corrected chi connectivity index (χ2v) is 6.50. The lowest BCUT2D eigenvalue weighted by atomic mass is 10.0. The van der Waals surface area contributed by atoms with Crippen molar-refractivity contribution in [3.05, 3.63) is 34.2 Å². The molecule has 0 N–H and O–H groups in total. The molecule has 7 heteroatoms. The van der Waals surface area contributed by atoms with Crippen molar-refractivity contribution < 1.29 is 13.9 Å². The quantitative estimate of drug-likeness (QED) is 0.863. The van der Waals surface area contributed by atoms with E-state index in [2.05, 4.69) is 16.3 Å². The average Bonchev–Trinajstić information content (AvgIpc) is 3.18. The van der Waals surface area contributed by atoms with E-state index < -0.39 is 0 Å². The minimum absolute atomic E-state index is 0.0803. The molecule has 0 aromatic carbocycles. The summed E-state index contributed by atoms with van der Waals surface area (Å²) in [6.07, 6.45) is 0.753. The Balaban J connectivity index is 1.73. The first-order valence-corrected chi connectivity index (χ1v) is 8.23. The number of aryl methyl sites for hydroxylation is 1. The Bertz CT molecular complexity index is 626. The van der Waals surface area contributed by atoms with Crippen LogP contribution >= 0.6 is 11.3 Å². The summed E-state index contributed by atoms with van der Waals surface area (Å²) in [5.74, 6) is 0.981. The van der Waals surface area contributed by atoms with Gasteiger partial charge in [-0.05, 0) is 17.9 Å². The van der Waals surface area contributed by atoms with Crippen LogP contribution in [-0.2, 0) is 16.0 Å². The Labute approximate surface area is 133 Å². The van der Waals surface area contributed by atoms with Crippen LogP contribution in [0.2, 0.25) is 0 Å². The van der Waals surface area contributed by atoms with Gasteiger partial charge in [-0.25, -0.2) is 0 Å². The molecule has 0 saturated carbocycles. The van der Waals surface area contributed by atoms with Crippen molar-refractivity contribution in [3.8, 4) is 0 Å². The summed E-state index contributed by atoms with van der Waals surface area (Å²) in [5.41, 5.74) is 0. The number of thiophene rings is 1. The number of nitrogens with zero attached hydrogens (tertiary/aromatic N) is 3. The van der Waals surface area contributed by atoms with Gasteiger partial charge in [0, 0.05) is 24.3 Å². The number of hydrogen-bond acceptors (Lipinski definition) is 6. The molecule has 3 heterocycles. The van der Waals surface area contributed by atoms with Crippen LogP contribution in [0.1, 0.15) is 29.6 Å². The molecule has 1 aliphatic rings. The minimum Gasteiger partial charge on any atom is -0.423 e. The van der Waals surface area contributed by atoms with Gasteiger partial charge in [0.05, 0.1) is 13.2 Å². The van der Waals surface area contributed by atoms with E-state index in [0.717, 1.165) is 6.42 Å². The maximum atomic E-state index is 12.8. The number of carbonyl (C=O) groups is 1. The highest BCUT2D eigenvalue weighted by molar-refractivity contribution is 7.09. The number of rotatable bonds is 4. The zero-order chi connectivity index (χ0) is 15.5. The van der Waals surface area contributed by atoms with Gasteiger partial charge in [-0.15, -0.1) is 21.5 Å². The maximum absolute atomic E-state index is 12.8. The number of ether oxygens (including phenoxy) is 1. The second kappa shape index (κ2) is 6.58. The molecular formula is C15H19N3O3S. The Morgan fingerprint density at radius 2 is 2.41 bits per heavy atom. The van der Waals surface area contributed by atoms with E-state index in [-0.39, 0.29) is 17.9 Å². The molecule has 1 saturated heterocycles. The maximum Gasteiger partial charge on any atom is 0.241 e. The molecule has 0 bridgehead atoms. The van der Waals surface area contributed by atoms with Crippen molar-refractivity contribution in [2.45, 2.75) is 26.3 Å². The highest BCUT2D eigenvalue weighted by atomic mass is 32.1. The van der Waals surface area contributed by atoms with Crippen molar-refractivity contribution >= 4 is 17.2 Å². The molecular weight excluding hydrogens is 302 g/mol. The van der Waals surface area contributed by atoms with E-state index in [0.29, 0.717) is 31.5 Å². The van der Waals surface area contributed by atoms with Gasteiger partial charge in [-0.1, -0.05) is 13.0 Å². The van der Waals surface area contributed by atoms with E-state index in [1.54, 1.807) is 18.3 Å². The zero-order valence-corrected chi connectivity index (χ0v) is 13.5. The van der Waals surface area contributed by atoms with Crippen molar-refractivity contribution in [3.63, 3.8) is 0 Å². The normalized spacial score (nSPS) is 20.1. The fraction of sp³-hybridized carbons (Fsp3) is 0.533. The third kappa shape index (κ3) is 3.20. The lowest BCUT2D eigenvalue weighted by Crippen LogP contribution is -2.46. The van der Waals surface area contributed by atoms with E-state index in [9.17, 15) is 4.79 Å². The fourth-order valence-electron chi connectivity index (χ4n) is 2.62. The first-order chi connectivity index (χ1) is 10.6. The van der Waals surface area contributed by atoms with Crippen LogP contribution in [0, 0.1) is 12.8 Å². The topological polar surface area (TPSA) is 68.5 Å². The van der Waals surface area contributed by atoms with Gasteiger partial charge in [0.1, 0.15) is 6.04 Å². The molecule has 2 aromatic heterocycles. The summed E-state index contributed by atoms with van der Waals surface area (Å²) < 4.78 is 11.0. The van der Waals surface area contributed by atoms with Crippen LogP contribution in [0.3, 0.4) is 0 Å². The zero-order valence-electron chi connectivity index (χ0n) is 12.7. The van der Waals surface area contributed by atoms with Gasteiger partial charge in [-0.2, -0.15) is 0 Å². The van der Waals surface area contributed by atoms with Crippen LogP contribution in [0.5, 0.6) is 0 Å². The van der Waals surface area contributed by atoms with Gasteiger partial charge in [0.25, 0.3) is 0 Å². The summed E-state index contributed by atoms with van der Waals surface area (Å²) in [6, 6.07) is 3.79. The standard InChI is InChI=1S/C15H19N3O3S/c1-10(8-12-4-3-7-22-12)15(19)18-5-6-20-9-13(18)14-17-16-11(2)21-14/h3-4,7,10,13H,5-6,8-9H2,1-2H3/t10-,13-/m1/s1. The monoisotopic (exact) mass is 321 g/mol. The Hall–Kier alpha value is -1.73. The molecule has 118 valence electrons. The highest BCUT2D eigenvalue weighted by Gasteiger charge is 2.34. The number of hydrogen-bond donors (Lipinski definition) is 0. The molecule has 0 radical (unpaired) electrons. The SMILES string of the molecule is Cc1nnc([C@H]2COCCN2C(=O)[C@H](C)Cc2cccs2)o1. The lowest BCUT2D eigenvalue weighted by molar-refractivity contribution is -0.145. The molecule has 0 aliphatic carbocycles. The minimum atomic E-state index is -0.284. The van der Waals surface area contributed by atoms with Crippen LogP contribution in [-0.4, -0.2) is 40.8 Å². The van der Waals surface area contributed by atoms with Gasteiger partial charge in [0.15, 0.2) is 0 Å². The number of aromatic nitrogens is 2. The second-order valence-electron chi connectivity index (χ2n) is 5.47. The van der Waals surface area contributed by atoms with Gasteiger partial charge in [0.2, 0.25) is 17.7 Å². The molecule has 3 rings (SSSR count). The molecule has 6 nitrogen and oxygen atoms in total. The smallest absolute Gasteiger partial charge is 0.241 e. The number of morpholine rings is 1. The molecule has 0 spiro atoms. The number of carbonyl (C=O) groups excluding carboxylic acids is 1. The third-order valence-electron chi connectivity index (χ3n) is 3.75. The third-order valence-corrected chi connectivity index (χ3v) is 4.65. The molecule has 2 atom stereocenters. The van der Waals surface area contributed by atoms with Crippen molar-refractivity contribution in [1.29, 1.82) is 0 Å². The van der Waals surface area contributed by atoms with Crippen molar-refractivity contribution in [2.24, 2.45) is 5.92 Å². The molecule has 22 heavy (non-hydrogen) atoms. The predicted octanol–water partition coefficient (Wildman–Crippen LogP) is 2.22. The van der Waals surface area contributed by atoms with Gasteiger partial charge >= 0.3 is 0 Å². The lowest BCUT2D eigenvalue weighted by Gasteiger charge is -2.35. The van der Waals surface area contributed by atoms with Crippen molar-refractivity contribution in [2.75, 3.05) is 19.8 Å². The first kappa shape index (κ1) is 15.2. The van der Waals surface area contributed by atoms with E-state index in [4.69, 9.17) is 9.15 Å². The van der Waals surface area contributed by atoms with Crippen molar-refractivity contribution in [1.82, 2.24) is 15.1 Å². The van der Waals surface area contributed by atoms with Crippen LogP contribution < -0.4 is 0 Å². The molecule has 1 aliphatic heterocycles. The van der Waals surface area contributed by atoms with E-state index in [1.807, 2.05) is 23.3 Å². The molecule has 1 fully saturated rings. The Kier molecular flexibility index (Phi) is 4.54. The Morgan fingerprint density at radius 1 is 1.55 bits per heavy atom. The summed E-state index contributed by atoms with van der Waals surface area (Å²) in [7, 11) is 0. The van der Waals surface area contributed by atoms with E-state index in [1.165, 1.54) is 4.88 Å². The molecule has 2 aromatic rings. The number of amides is 1. The van der Waals surface area contributed by atoms with Crippen LogP contribution in [0.25, 0.3) is 0 Å². The predicted molar refractivity (Wildman–Crippen MR) is 81.5 cm³/mol. The largest absolute Gasteiger partial charge is 0.423 e. The molecule has 1 amide bonds. The summed E-state index contributed by atoms with van der Waals surface area (Å²) in [6.45, 7) is 5.21. The van der Waals surface area contributed by atoms with Gasteiger partial charge < -0.3 is 14.1 Å². The summed E-state index contributed by atoms with van der Waals surface area (Å²) in [4.78, 5) is 15.8. The van der Waals surface area contributed by atoms with Crippen LogP contribution in [0.15, 0.2) is 21.9 Å². The highest BCUT2D eigenvalue weighted by Crippen LogP contribution is 2.26. The average molecular weight is 321 g/mol. The summed E-state index contributed by atoms with van der Waals surface area (Å²) in [5, 5.41) is 9.93. The van der Waals surface area contributed by atoms with Gasteiger partial charge in [-0.3, -0.25) is 4.79 Å². The fourth-order valence-corrected chi connectivity index (χ4v) is 3.45. The Morgan fingerprint density at radius 3 is 3.09 bits per heavy atom. The van der Waals surface area contributed by atoms with E-state index >= 15 is 0 Å². The van der Waals surface area contributed by atoms with Crippen LogP contribution in [0.4, 0.5) is 0 Å².